The van der Waals surface area contributed by atoms with Crippen molar-refractivity contribution < 1.29 is 18.0 Å². The number of benzene rings is 1. The Hall–Kier alpha value is -2.42. The molecule has 2 aromatic rings. The highest BCUT2D eigenvalue weighted by Gasteiger charge is 2.31. The van der Waals surface area contributed by atoms with Gasteiger partial charge in [0.1, 0.15) is 12.7 Å². The molecule has 0 unspecified atom stereocenters. The number of nitrogens with one attached hydrogen (secondary N) is 1. The lowest BCUT2D eigenvalue weighted by Gasteiger charge is -2.26. The maximum Gasteiger partial charge on any atom is 0.416 e. The lowest BCUT2D eigenvalue weighted by molar-refractivity contribution is -0.137. The van der Waals surface area contributed by atoms with Gasteiger partial charge in [0.15, 0.2) is 0 Å². The van der Waals surface area contributed by atoms with Gasteiger partial charge in [-0.3, -0.25) is 9.69 Å². The van der Waals surface area contributed by atoms with Crippen molar-refractivity contribution in [2.45, 2.75) is 50.7 Å². The van der Waals surface area contributed by atoms with Crippen molar-refractivity contribution in [2.75, 3.05) is 18.9 Å². The van der Waals surface area contributed by atoms with E-state index in [1.807, 2.05) is 11.9 Å². The van der Waals surface area contributed by atoms with E-state index in [1.54, 1.807) is 0 Å². The average Bonchev–Trinajstić information content (AvgIpc) is 3.02. The molecule has 1 saturated carbocycles. The zero-order valence-corrected chi connectivity index (χ0v) is 15.7. The van der Waals surface area contributed by atoms with Crippen LogP contribution in [-0.4, -0.2) is 45.2 Å². The zero-order chi connectivity index (χ0) is 20.1. The molecule has 0 saturated heterocycles. The van der Waals surface area contributed by atoms with E-state index in [1.165, 1.54) is 36.2 Å². The van der Waals surface area contributed by atoms with Gasteiger partial charge in [-0.25, -0.2) is 9.67 Å². The van der Waals surface area contributed by atoms with Gasteiger partial charge in [0.25, 0.3) is 0 Å². The maximum absolute atomic E-state index is 13.1. The fraction of sp³-hybridized carbons (Fsp3) is 0.526. The second kappa shape index (κ2) is 8.72. The Morgan fingerprint density at radius 1 is 1.25 bits per heavy atom. The van der Waals surface area contributed by atoms with Crippen molar-refractivity contribution in [1.29, 1.82) is 0 Å². The topological polar surface area (TPSA) is 63.1 Å². The minimum atomic E-state index is -4.50. The lowest BCUT2D eigenvalue weighted by Crippen LogP contribution is -2.38. The largest absolute Gasteiger partial charge is 0.416 e. The normalized spacial score (nSPS) is 16.2. The molecule has 1 fully saturated rings. The fourth-order valence-corrected chi connectivity index (χ4v) is 3.59. The maximum atomic E-state index is 13.1. The molecule has 1 amide bonds. The highest BCUT2D eigenvalue weighted by Crippen LogP contribution is 2.33. The first-order chi connectivity index (χ1) is 13.3. The number of alkyl halides is 3. The van der Waals surface area contributed by atoms with Crippen LogP contribution in [-0.2, 0) is 11.0 Å². The number of hydrogen-bond donors (Lipinski definition) is 1. The molecule has 1 N–H and O–H groups in total. The van der Waals surface area contributed by atoms with Crippen molar-refractivity contribution in [3.63, 3.8) is 0 Å². The van der Waals surface area contributed by atoms with E-state index >= 15 is 0 Å². The van der Waals surface area contributed by atoms with Crippen LogP contribution in [0.25, 0.3) is 5.69 Å². The predicted molar refractivity (Wildman–Crippen MR) is 99.1 cm³/mol. The number of anilines is 1. The van der Waals surface area contributed by atoms with Crippen molar-refractivity contribution >= 4 is 11.6 Å². The van der Waals surface area contributed by atoms with Gasteiger partial charge >= 0.3 is 6.18 Å². The molecule has 152 valence electrons. The first-order valence-electron chi connectivity index (χ1n) is 9.41. The summed E-state index contributed by atoms with van der Waals surface area (Å²) in [5, 5.41) is 6.58. The van der Waals surface area contributed by atoms with Crippen LogP contribution in [0.4, 0.5) is 18.9 Å². The Bertz CT molecular complexity index is 783. The Labute approximate surface area is 161 Å². The van der Waals surface area contributed by atoms with Crippen LogP contribution in [0.2, 0.25) is 0 Å². The number of rotatable bonds is 5. The number of hydrogen-bond acceptors (Lipinski definition) is 4. The van der Waals surface area contributed by atoms with Crippen molar-refractivity contribution in [1.82, 2.24) is 19.7 Å². The van der Waals surface area contributed by atoms with Gasteiger partial charge in [-0.05, 0) is 38.1 Å². The van der Waals surface area contributed by atoms with Gasteiger partial charge < -0.3 is 5.32 Å². The van der Waals surface area contributed by atoms with E-state index < -0.39 is 11.7 Å². The molecule has 0 aliphatic heterocycles. The quantitative estimate of drug-likeness (QED) is 0.781. The van der Waals surface area contributed by atoms with Crippen molar-refractivity contribution in [3.05, 3.63) is 36.4 Å². The van der Waals surface area contributed by atoms with Gasteiger partial charge in [0, 0.05) is 6.04 Å². The summed E-state index contributed by atoms with van der Waals surface area (Å²) in [6, 6.07) is 3.50. The van der Waals surface area contributed by atoms with E-state index in [2.05, 4.69) is 15.4 Å². The summed E-state index contributed by atoms with van der Waals surface area (Å²) in [4.78, 5) is 18.4. The highest BCUT2D eigenvalue weighted by atomic mass is 19.4. The molecule has 1 heterocycles. The van der Waals surface area contributed by atoms with Gasteiger partial charge in [-0.15, -0.1) is 0 Å². The highest BCUT2D eigenvalue weighted by molar-refractivity contribution is 5.94. The third-order valence-electron chi connectivity index (χ3n) is 5.10. The van der Waals surface area contributed by atoms with Crippen LogP contribution >= 0.6 is 0 Å². The summed E-state index contributed by atoms with van der Waals surface area (Å²) >= 11 is 0. The monoisotopic (exact) mass is 395 g/mol. The number of carbonyl (C=O) groups is 1. The van der Waals surface area contributed by atoms with Gasteiger partial charge in [0.2, 0.25) is 5.91 Å². The summed E-state index contributed by atoms with van der Waals surface area (Å²) in [6.45, 7) is 0.123. The van der Waals surface area contributed by atoms with Crippen LogP contribution in [0.1, 0.15) is 44.1 Å². The third kappa shape index (κ3) is 5.09. The molecule has 0 radical (unpaired) electrons. The Morgan fingerprint density at radius 3 is 2.57 bits per heavy atom. The van der Waals surface area contributed by atoms with Crippen molar-refractivity contribution in [3.8, 4) is 5.69 Å². The number of carbonyl (C=O) groups excluding carboxylic acids is 1. The smallest absolute Gasteiger partial charge is 0.323 e. The van der Waals surface area contributed by atoms with Crippen LogP contribution in [0, 0.1) is 0 Å². The van der Waals surface area contributed by atoms with Crippen molar-refractivity contribution in [2.24, 2.45) is 0 Å². The van der Waals surface area contributed by atoms with Gasteiger partial charge in [0.05, 0.1) is 23.5 Å². The number of likely N-dealkylation sites (N-methyl/N-ethyl adjacent to an activating group) is 1. The van der Waals surface area contributed by atoms with Gasteiger partial charge in [-0.1, -0.05) is 25.7 Å². The first-order valence-corrected chi connectivity index (χ1v) is 9.41. The van der Waals surface area contributed by atoms with Gasteiger partial charge in [-0.2, -0.15) is 18.3 Å². The predicted octanol–water partition coefficient (Wildman–Crippen LogP) is 3.88. The van der Waals surface area contributed by atoms with Crippen LogP contribution in [0.15, 0.2) is 30.9 Å². The molecule has 0 bridgehead atoms. The Morgan fingerprint density at radius 2 is 1.96 bits per heavy atom. The molecule has 9 heteroatoms. The second-order valence-electron chi connectivity index (χ2n) is 7.18. The van der Waals surface area contributed by atoms with E-state index in [-0.39, 0.29) is 18.1 Å². The molecule has 1 aromatic heterocycles. The molecule has 6 nitrogen and oxygen atoms in total. The van der Waals surface area contributed by atoms with Crippen LogP contribution in [0.5, 0.6) is 0 Å². The van der Waals surface area contributed by atoms with E-state index in [4.69, 9.17) is 0 Å². The first kappa shape index (κ1) is 20.3. The zero-order valence-electron chi connectivity index (χ0n) is 15.7. The molecular formula is C19H24F3N5O. The minimum absolute atomic E-state index is 0.0552. The molecule has 28 heavy (non-hydrogen) atoms. The summed E-state index contributed by atoms with van der Waals surface area (Å²) in [7, 11) is 1.89. The lowest BCUT2D eigenvalue weighted by atomic mass is 10.1. The number of nitrogens with zero attached hydrogens (tertiary/aromatic N) is 4. The van der Waals surface area contributed by atoms with E-state index in [9.17, 15) is 18.0 Å². The molecule has 1 aliphatic rings. The van der Waals surface area contributed by atoms with Crippen LogP contribution < -0.4 is 5.32 Å². The molecule has 0 spiro atoms. The summed E-state index contributed by atoms with van der Waals surface area (Å²) < 4.78 is 40.7. The molecule has 0 atom stereocenters. The standard InChI is InChI=1S/C19H24F3N5O/c1-26(15-6-4-2-3-5-7-15)11-18(28)25-16-10-14(19(20,21)22)8-9-17(16)27-13-23-12-24-27/h8-10,12-13,15H,2-7,11H2,1H3,(H,25,28). The SMILES string of the molecule is CN(CC(=O)Nc1cc(C(F)(F)F)ccc1-n1cncn1)C1CCCCCC1. The minimum Gasteiger partial charge on any atom is -0.323 e. The van der Waals surface area contributed by atoms with E-state index in [0.29, 0.717) is 11.7 Å². The molecule has 1 aliphatic carbocycles. The van der Waals surface area contributed by atoms with E-state index in [0.717, 1.165) is 37.8 Å². The third-order valence-corrected chi connectivity index (χ3v) is 5.10. The molecule has 1 aromatic carbocycles. The Kier molecular flexibility index (Phi) is 6.33. The number of halogens is 3. The van der Waals surface area contributed by atoms with Crippen LogP contribution in [0.3, 0.4) is 0 Å². The summed E-state index contributed by atoms with van der Waals surface area (Å²) in [5.74, 6) is -0.354. The molecule has 3 rings (SSSR count). The second-order valence-corrected chi connectivity index (χ2v) is 7.18. The number of aromatic nitrogens is 3. The molecular weight excluding hydrogens is 371 g/mol. The average molecular weight is 395 g/mol. The fourth-order valence-electron chi connectivity index (χ4n) is 3.59. The Balaban J connectivity index is 1.76. The number of amides is 1. The summed E-state index contributed by atoms with van der Waals surface area (Å²) in [6.07, 6.45) is 4.93. The summed E-state index contributed by atoms with van der Waals surface area (Å²) in [5.41, 5.74) is -0.445.